The van der Waals surface area contributed by atoms with Gasteiger partial charge in [0.15, 0.2) is 5.78 Å². The van der Waals surface area contributed by atoms with E-state index in [2.05, 4.69) is 48.5 Å². The Morgan fingerprint density at radius 3 is 1.43 bits per heavy atom. The third-order valence-electron chi connectivity index (χ3n) is 14.2. The first-order chi connectivity index (χ1) is 32.9. The van der Waals surface area contributed by atoms with E-state index in [1.165, 1.54) is 198 Å². The van der Waals surface area contributed by atoms with Crippen LogP contribution in [-0.4, -0.2) is 91.3 Å². The average Bonchev–Trinajstić information content (AvgIpc) is 3.57. The number of carbonyl (C=O) groups is 3. The van der Waals surface area contributed by atoms with Crippen molar-refractivity contribution in [3.05, 3.63) is 23.3 Å². The smallest absolute Gasteiger partial charge is 0.305 e. The van der Waals surface area contributed by atoms with Gasteiger partial charge in [0.05, 0.1) is 13.2 Å². The third-order valence-corrected chi connectivity index (χ3v) is 14.2. The maximum atomic E-state index is 13.9. The second-order valence-corrected chi connectivity index (χ2v) is 20.7. The molecule has 0 saturated carbocycles. The molecule has 0 aromatic heterocycles. The molecular weight excluding hydrogens is 827 g/mol. The van der Waals surface area contributed by atoms with Gasteiger partial charge in [-0.1, -0.05) is 212 Å². The quantitative estimate of drug-likeness (QED) is 0.0262. The largest absolute Gasteiger partial charge is 0.466 e. The molecule has 67 heavy (non-hydrogen) atoms. The van der Waals surface area contributed by atoms with Crippen molar-refractivity contribution in [1.29, 1.82) is 0 Å². The van der Waals surface area contributed by atoms with Gasteiger partial charge in [0.25, 0.3) is 0 Å². The first kappa shape index (κ1) is 63.0. The minimum absolute atomic E-state index is 0.0903. The molecule has 0 radical (unpaired) electrons. The van der Waals surface area contributed by atoms with Crippen LogP contribution in [0.15, 0.2) is 23.3 Å². The molecule has 0 bridgehead atoms. The van der Waals surface area contributed by atoms with Crippen LogP contribution in [0.5, 0.6) is 0 Å². The van der Waals surface area contributed by atoms with E-state index in [1.54, 1.807) is 0 Å². The molecule has 1 heterocycles. The highest BCUT2D eigenvalue weighted by Crippen LogP contribution is 2.21. The number of ether oxygens (including phenoxy) is 1. The van der Waals surface area contributed by atoms with Crippen LogP contribution in [-0.2, 0) is 19.1 Å². The zero-order valence-corrected chi connectivity index (χ0v) is 45.6. The van der Waals surface area contributed by atoms with Gasteiger partial charge in [-0.3, -0.25) is 19.3 Å². The lowest BCUT2D eigenvalue weighted by molar-refractivity contribution is -0.143. The van der Waals surface area contributed by atoms with E-state index in [4.69, 9.17) is 4.74 Å². The van der Waals surface area contributed by atoms with Crippen molar-refractivity contribution >= 4 is 17.7 Å². The van der Waals surface area contributed by atoms with Crippen molar-refractivity contribution in [1.82, 2.24) is 14.7 Å². The van der Waals surface area contributed by atoms with Crippen molar-refractivity contribution in [2.24, 2.45) is 0 Å². The summed E-state index contributed by atoms with van der Waals surface area (Å²) in [6.07, 6.45) is 50.8. The van der Waals surface area contributed by atoms with Gasteiger partial charge in [0.1, 0.15) is 0 Å². The summed E-state index contributed by atoms with van der Waals surface area (Å²) in [4.78, 5) is 46.6. The number of ketones is 1. The first-order valence-corrected chi connectivity index (χ1v) is 29.6. The summed E-state index contributed by atoms with van der Waals surface area (Å²) in [6.45, 7) is 19.1. The summed E-state index contributed by atoms with van der Waals surface area (Å²) < 4.78 is 5.26. The summed E-state index contributed by atoms with van der Waals surface area (Å²) in [6, 6.07) is 0. The van der Waals surface area contributed by atoms with Gasteiger partial charge in [-0.2, -0.15) is 0 Å². The fourth-order valence-corrected chi connectivity index (χ4v) is 9.75. The predicted octanol–water partition coefficient (Wildman–Crippen LogP) is 16.7. The molecule has 0 N–H and O–H groups in total. The number of hydrogen-bond donors (Lipinski definition) is 0. The molecule has 392 valence electrons. The lowest BCUT2D eigenvalue weighted by Crippen LogP contribution is -2.32. The lowest BCUT2D eigenvalue weighted by atomic mass is 10.0. The Bertz CT molecular complexity index is 1200. The van der Waals surface area contributed by atoms with Gasteiger partial charge >= 0.3 is 5.97 Å². The molecule has 1 saturated heterocycles. The Balaban J connectivity index is 2.87. The Morgan fingerprint density at radius 1 is 0.478 bits per heavy atom. The molecule has 7 heteroatoms. The third kappa shape index (κ3) is 39.4. The number of unbranched alkanes of at least 4 members (excludes halogenated alkanes) is 26. The Kier molecular flexibility index (Phi) is 44.8. The molecule has 0 aromatic carbocycles. The van der Waals surface area contributed by atoms with Crippen LogP contribution in [0, 0.1) is 0 Å². The predicted molar refractivity (Wildman–Crippen MR) is 290 cm³/mol. The highest BCUT2D eigenvalue weighted by Gasteiger charge is 2.19. The molecule has 1 rings (SSSR count). The van der Waals surface area contributed by atoms with Crippen molar-refractivity contribution in [2.45, 2.75) is 285 Å². The van der Waals surface area contributed by atoms with Crippen LogP contribution in [0.2, 0.25) is 0 Å². The number of esters is 1. The number of carbonyl (C=O) groups excluding carboxylic acids is 3. The van der Waals surface area contributed by atoms with Gasteiger partial charge in [-0.15, -0.1) is 0 Å². The standard InChI is InChI=1S/C60H113N3O4/c1-6-11-15-19-23-27-32-39-56(44-51-61(46-34-28-24-20-16-12-7-2)47-35-29-25-21-17-13-8-3)42-43-59(65)63-50-38-40-57(45-52-63)54-58(64)55-62(48-36-30-26-22-18-14-9-4)49-37-31-33-41-60(66)67-53-10-5/h42,54H,6-41,43-53,55H2,1-5H3/b56-42+,57-54-. The van der Waals surface area contributed by atoms with E-state index < -0.39 is 0 Å². The Hall–Kier alpha value is -1.99. The van der Waals surface area contributed by atoms with Crippen LogP contribution in [0.25, 0.3) is 0 Å². The van der Waals surface area contributed by atoms with Crippen molar-refractivity contribution in [3.8, 4) is 0 Å². The molecule has 1 amide bonds. The molecule has 1 fully saturated rings. The summed E-state index contributed by atoms with van der Waals surface area (Å²) in [5.41, 5.74) is 2.71. The van der Waals surface area contributed by atoms with E-state index in [0.29, 0.717) is 32.5 Å². The van der Waals surface area contributed by atoms with E-state index >= 15 is 0 Å². The van der Waals surface area contributed by atoms with Gasteiger partial charge in [-0.05, 0) is 109 Å². The van der Waals surface area contributed by atoms with E-state index in [-0.39, 0.29) is 17.7 Å². The SMILES string of the molecule is CCCCCCCCC/C(=C\CC(=O)N1CCC/C(=C/C(=O)CN(CCCCCCCCC)CCCCCC(=O)OCCC)CC1)CCN(CCCCCCCCC)CCCCCCCCC. The minimum Gasteiger partial charge on any atom is -0.466 e. The molecule has 1 aliphatic rings. The van der Waals surface area contributed by atoms with Gasteiger partial charge in [0, 0.05) is 32.5 Å². The molecule has 0 aromatic rings. The van der Waals surface area contributed by atoms with Crippen molar-refractivity contribution in [3.63, 3.8) is 0 Å². The average molecular weight is 941 g/mol. The highest BCUT2D eigenvalue weighted by molar-refractivity contribution is 5.92. The first-order valence-electron chi connectivity index (χ1n) is 29.6. The maximum absolute atomic E-state index is 13.9. The number of nitrogens with zero attached hydrogens (tertiary/aromatic N) is 3. The molecule has 1 aliphatic heterocycles. The Morgan fingerprint density at radius 2 is 0.925 bits per heavy atom. The number of likely N-dealkylation sites (tertiary alicyclic amines) is 1. The zero-order valence-electron chi connectivity index (χ0n) is 45.6. The second kappa shape index (κ2) is 47.7. The van der Waals surface area contributed by atoms with Gasteiger partial charge < -0.3 is 14.5 Å². The van der Waals surface area contributed by atoms with Gasteiger partial charge in [0.2, 0.25) is 5.91 Å². The normalized spacial score (nSPS) is 14.2. The monoisotopic (exact) mass is 940 g/mol. The second-order valence-electron chi connectivity index (χ2n) is 20.7. The molecule has 0 atom stereocenters. The molecular formula is C60H113N3O4. The lowest BCUT2D eigenvalue weighted by Gasteiger charge is -2.24. The summed E-state index contributed by atoms with van der Waals surface area (Å²) in [7, 11) is 0. The van der Waals surface area contributed by atoms with E-state index in [9.17, 15) is 14.4 Å². The summed E-state index contributed by atoms with van der Waals surface area (Å²) in [5, 5.41) is 0. The molecule has 7 nitrogen and oxygen atoms in total. The highest BCUT2D eigenvalue weighted by atomic mass is 16.5. The fraction of sp³-hybridized carbons (Fsp3) is 0.883. The zero-order chi connectivity index (χ0) is 48.7. The van der Waals surface area contributed by atoms with Crippen LogP contribution in [0.3, 0.4) is 0 Å². The number of hydrogen-bond acceptors (Lipinski definition) is 6. The van der Waals surface area contributed by atoms with Crippen LogP contribution in [0.4, 0.5) is 0 Å². The van der Waals surface area contributed by atoms with E-state index in [1.807, 2.05) is 13.0 Å². The summed E-state index contributed by atoms with van der Waals surface area (Å²) >= 11 is 0. The molecule has 0 aliphatic carbocycles. The Labute approximate surface area is 417 Å². The van der Waals surface area contributed by atoms with Crippen LogP contribution < -0.4 is 0 Å². The number of rotatable bonds is 48. The van der Waals surface area contributed by atoms with Crippen LogP contribution in [0.1, 0.15) is 285 Å². The van der Waals surface area contributed by atoms with Crippen molar-refractivity contribution < 1.29 is 19.1 Å². The molecule has 0 unspecified atom stereocenters. The van der Waals surface area contributed by atoms with Gasteiger partial charge in [-0.25, -0.2) is 0 Å². The van der Waals surface area contributed by atoms with Crippen LogP contribution >= 0.6 is 0 Å². The van der Waals surface area contributed by atoms with Crippen molar-refractivity contribution in [2.75, 3.05) is 59.0 Å². The molecule has 0 spiro atoms. The minimum atomic E-state index is -0.0903. The number of amides is 1. The maximum Gasteiger partial charge on any atom is 0.305 e. The topological polar surface area (TPSA) is 70.2 Å². The fourth-order valence-electron chi connectivity index (χ4n) is 9.75. The summed E-state index contributed by atoms with van der Waals surface area (Å²) in [5.74, 6) is 0.367. The van der Waals surface area contributed by atoms with E-state index in [0.717, 1.165) is 90.4 Å².